The highest BCUT2D eigenvalue weighted by molar-refractivity contribution is 7.19. The van der Waals surface area contributed by atoms with Crippen molar-refractivity contribution in [2.45, 2.75) is 0 Å². The van der Waals surface area contributed by atoms with Crippen LogP contribution in [0.2, 0.25) is 0 Å². The Balaban J connectivity index is 1.56. The molecule has 3 heterocycles. The van der Waals surface area contributed by atoms with E-state index in [0.717, 1.165) is 38.3 Å². The number of fused-ring (bicyclic) bond motifs is 1. The standard InChI is InChI=1S/C18H12N6S/c1-3-7-12(8-4-1)14-11-15(20-19-14)17-23-24-16(21-22-18(24)25-17)13-9-5-2-6-10-13/h1-11H,(H,19,20). The number of aromatic amines is 1. The zero-order valence-electron chi connectivity index (χ0n) is 13.0. The molecule has 0 unspecified atom stereocenters. The van der Waals surface area contributed by atoms with Crippen LogP contribution < -0.4 is 0 Å². The first kappa shape index (κ1) is 14.1. The normalized spacial score (nSPS) is 11.2. The van der Waals surface area contributed by atoms with Crippen LogP contribution in [0.25, 0.3) is 38.3 Å². The molecule has 120 valence electrons. The quantitative estimate of drug-likeness (QED) is 0.539. The predicted octanol–water partition coefficient (Wildman–Crippen LogP) is 3.91. The van der Waals surface area contributed by atoms with Crippen LogP contribution in [0.15, 0.2) is 66.7 Å². The average molecular weight is 344 g/mol. The Kier molecular flexibility index (Phi) is 3.17. The highest BCUT2D eigenvalue weighted by Crippen LogP contribution is 2.29. The van der Waals surface area contributed by atoms with E-state index in [2.05, 4.69) is 25.5 Å². The van der Waals surface area contributed by atoms with Gasteiger partial charge in [0, 0.05) is 11.1 Å². The molecule has 0 aliphatic rings. The number of hydrogen-bond donors (Lipinski definition) is 1. The maximum atomic E-state index is 4.67. The van der Waals surface area contributed by atoms with Gasteiger partial charge >= 0.3 is 0 Å². The number of hydrogen-bond acceptors (Lipinski definition) is 5. The molecule has 0 fully saturated rings. The summed E-state index contributed by atoms with van der Waals surface area (Å²) >= 11 is 1.48. The number of nitrogens with one attached hydrogen (secondary N) is 1. The largest absolute Gasteiger partial charge is 0.275 e. The molecule has 5 aromatic rings. The lowest BCUT2D eigenvalue weighted by molar-refractivity contribution is 0.964. The van der Waals surface area contributed by atoms with E-state index in [1.807, 2.05) is 66.7 Å². The zero-order chi connectivity index (χ0) is 16.6. The Morgan fingerprint density at radius 3 is 2.32 bits per heavy atom. The average Bonchev–Trinajstić information content (AvgIpc) is 3.38. The van der Waals surface area contributed by atoms with Gasteiger partial charge in [-0.1, -0.05) is 72.0 Å². The second-order valence-electron chi connectivity index (χ2n) is 5.52. The lowest BCUT2D eigenvalue weighted by Gasteiger charge is -1.95. The monoisotopic (exact) mass is 344 g/mol. The molecule has 0 aliphatic heterocycles. The van der Waals surface area contributed by atoms with Crippen LogP contribution in [0.4, 0.5) is 0 Å². The van der Waals surface area contributed by atoms with E-state index in [0.29, 0.717) is 0 Å². The maximum Gasteiger partial charge on any atom is 0.235 e. The summed E-state index contributed by atoms with van der Waals surface area (Å²) in [5.74, 6) is 0.737. The van der Waals surface area contributed by atoms with E-state index in [1.54, 1.807) is 4.52 Å². The van der Waals surface area contributed by atoms with Crippen LogP contribution in [0.1, 0.15) is 0 Å². The minimum atomic E-state index is 0.737. The number of H-pyrrole nitrogens is 1. The van der Waals surface area contributed by atoms with Crippen molar-refractivity contribution >= 4 is 16.3 Å². The third-order valence-electron chi connectivity index (χ3n) is 3.90. The Hall–Kier alpha value is -3.32. The van der Waals surface area contributed by atoms with Gasteiger partial charge in [0.2, 0.25) is 4.96 Å². The number of benzene rings is 2. The third-order valence-corrected chi connectivity index (χ3v) is 4.83. The smallest absolute Gasteiger partial charge is 0.235 e. The number of nitrogens with zero attached hydrogens (tertiary/aromatic N) is 5. The zero-order valence-corrected chi connectivity index (χ0v) is 13.8. The van der Waals surface area contributed by atoms with E-state index in [9.17, 15) is 0 Å². The third kappa shape index (κ3) is 2.41. The second-order valence-corrected chi connectivity index (χ2v) is 6.48. The fourth-order valence-corrected chi connectivity index (χ4v) is 3.49. The molecular weight excluding hydrogens is 332 g/mol. The van der Waals surface area contributed by atoms with Gasteiger partial charge in [0.05, 0.1) is 11.4 Å². The Morgan fingerprint density at radius 2 is 1.56 bits per heavy atom. The highest BCUT2D eigenvalue weighted by atomic mass is 32.1. The van der Waals surface area contributed by atoms with Gasteiger partial charge in [-0.05, 0) is 6.07 Å². The lowest BCUT2D eigenvalue weighted by atomic mass is 10.1. The van der Waals surface area contributed by atoms with Crippen LogP contribution in [0, 0.1) is 0 Å². The Morgan fingerprint density at radius 1 is 0.840 bits per heavy atom. The van der Waals surface area contributed by atoms with Gasteiger partial charge in [-0.25, -0.2) is 0 Å². The highest BCUT2D eigenvalue weighted by Gasteiger charge is 2.16. The molecule has 0 atom stereocenters. The van der Waals surface area contributed by atoms with Gasteiger partial charge in [0.25, 0.3) is 0 Å². The minimum Gasteiger partial charge on any atom is -0.275 e. The van der Waals surface area contributed by atoms with Crippen molar-refractivity contribution < 1.29 is 0 Å². The number of aromatic nitrogens is 6. The molecule has 0 amide bonds. The van der Waals surface area contributed by atoms with Gasteiger partial charge in [-0.2, -0.15) is 14.7 Å². The predicted molar refractivity (Wildman–Crippen MR) is 97.1 cm³/mol. The molecule has 0 aliphatic carbocycles. The van der Waals surface area contributed by atoms with Crippen LogP contribution in [-0.4, -0.2) is 30.0 Å². The summed E-state index contributed by atoms with van der Waals surface area (Å²) in [6, 6.07) is 22.0. The molecule has 0 bridgehead atoms. The van der Waals surface area contributed by atoms with Crippen molar-refractivity contribution in [3.05, 3.63) is 66.7 Å². The summed E-state index contributed by atoms with van der Waals surface area (Å²) in [4.78, 5) is 0.754. The first-order valence-electron chi connectivity index (χ1n) is 7.77. The van der Waals surface area contributed by atoms with E-state index in [1.165, 1.54) is 11.3 Å². The van der Waals surface area contributed by atoms with Crippen molar-refractivity contribution in [2.24, 2.45) is 0 Å². The van der Waals surface area contributed by atoms with Gasteiger partial charge in [-0.15, -0.1) is 10.2 Å². The molecule has 6 nitrogen and oxygen atoms in total. The molecule has 5 rings (SSSR count). The van der Waals surface area contributed by atoms with E-state index in [-0.39, 0.29) is 0 Å². The summed E-state index contributed by atoms with van der Waals surface area (Å²) in [5, 5.41) is 21.4. The molecule has 1 N–H and O–H groups in total. The molecule has 7 heteroatoms. The number of rotatable bonds is 3. The fraction of sp³-hybridized carbons (Fsp3) is 0. The lowest BCUT2D eigenvalue weighted by Crippen LogP contribution is -1.90. The van der Waals surface area contributed by atoms with Gasteiger partial charge in [0.15, 0.2) is 10.8 Å². The van der Waals surface area contributed by atoms with Crippen molar-refractivity contribution in [1.82, 2.24) is 30.0 Å². The van der Waals surface area contributed by atoms with Crippen molar-refractivity contribution in [3.8, 4) is 33.3 Å². The molecular formula is C18H12N6S. The summed E-state index contributed by atoms with van der Waals surface area (Å²) in [7, 11) is 0. The van der Waals surface area contributed by atoms with Gasteiger partial charge in [-0.3, -0.25) is 5.10 Å². The minimum absolute atomic E-state index is 0.737. The molecule has 0 radical (unpaired) electrons. The van der Waals surface area contributed by atoms with Crippen molar-refractivity contribution in [2.75, 3.05) is 0 Å². The van der Waals surface area contributed by atoms with Crippen LogP contribution >= 0.6 is 11.3 Å². The molecule has 0 spiro atoms. The fourth-order valence-electron chi connectivity index (χ4n) is 2.68. The molecule has 0 saturated heterocycles. The van der Waals surface area contributed by atoms with E-state index < -0.39 is 0 Å². The first-order valence-corrected chi connectivity index (χ1v) is 8.59. The van der Waals surface area contributed by atoms with Crippen LogP contribution in [0.5, 0.6) is 0 Å². The van der Waals surface area contributed by atoms with E-state index >= 15 is 0 Å². The topological polar surface area (TPSA) is 71.8 Å². The summed E-state index contributed by atoms with van der Waals surface area (Å²) in [5.41, 5.74) is 3.82. The van der Waals surface area contributed by atoms with Gasteiger partial charge < -0.3 is 0 Å². The van der Waals surface area contributed by atoms with E-state index in [4.69, 9.17) is 0 Å². The molecule has 3 aromatic heterocycles. The Labute approximate surface area is 146 Å². The summed E-state index contributed by atoms with van der Waals surface area (Å²) in [6.45, 7) is 0. The molecule has 0 saturated carbocycles. The summed E-state index contributed by atoms with van der Waals surface area (Å²) in [6.07, 6.45) is 0. The SMILES string of the molecule is c1ccc(-c2cc(-c3nn4c(-c5ccccc5)nnc4s3)[nH]n2)cc1. The molecule has 25 heavy (non-hydrogen) atoms. The Bertz CT molecular complexity index is 1140. The first-order chi connectivity index (χ1) is 12.4. The van der Waals surface area contributed by atoms with Crippen molar-refractivity contribution in [1.29, 1.82) is 0 Å². The summed E-state index contributed by atoms with van der Waals surface area (Å²) < 4.78 is 1.78. The molecule has 2 aromatic carbocycles. The second kappa shape index (κ2) is 5.64. The van der Waals surface area contributed by atoms with Crippen LogP contribution in [-0.2, 0) is 0 Å². The van der Waals surface area contributed by atoms with Gasteiger partial charge in [0.1, 0.15) is 0 Å². The van der Waals surface area contributed by atoms with Crippen molar-refractivity contribution in [3.63, 3.8) is 0 Å². The maximum absolute atomic E-state index is 4.67. The van der Waals surface area contributed by atoms with Crippen LogP contribution in [0.3, 0.4) is 0 Å².